The Balaban J connectivity index is 1.68. The highest BCUT2D eigenvalue weighted by molar-refractivity contribution is 5.68. The van der Waals surface area contributed by atoms with Crippen molar-refractivity contribution >= 4 is 5.97 Å². The Kier molecular flexibility index (Phi) is 5.60. The maximum absolute atomic E-state index is 11.0. The van der Waals surface area contributed by atoms with Crippen molar-refractivity contribution in [2.45, 2.75) is 66.2 Å². The summed E-state index contributed by atoms with van der Waals surface area (Å²) in [5, 5.41) is 13.2. The molecule has 0 atom stereocenters. The summed E-state index contributed by atoms with van der Waals surface area (Å²) in [6.07, 6.45) is 8.07. The molecule has 0 spiro atoms. The lowest BCUT2D eigenvalue weighted by Gasteiger charge is -2.31. The van der Waals surface area contributed by atoms with E-state index in [0.29, 0.717) is 18.1 Å². The first-order chi connectivity index (χ1) is 14.8. The van der Waals surface area contributed by atoms with Gasteiger partial charge in [0.15, 0.2) is 0 Å². The summed E-state index contributed by atoms with van der Waals surface area (Å²) < 4.78 is 5.65. The Morgan fingerprint density at radius 1 is 1.23 bits per heavy atom. The molecule has 4 rings (SSSR count). The van der Waals surface area contributed by atoms with Crippen molar-refractivity contribution in [2.24, 2.45) is 5.41 Å². The maximum Gasteiger partial charge on any atom is 0.303 e. The molecule has 1 N–H and O–H groups in total. The Bertz CT molecular complexity index is 1130. The average Bonchev–Trinajstić information content (AvgIpc) is 3.20. The first-order valence-electron chi connectivity index (χ1n) is 10.8. The fraction of sp³-hybridized carbons (Fsp3) is 0.458. The second kappa shape index (κ2) is 8.21. The van der Waals surface area contributed by atoms with Gasteiger partial charge in [0, 0.05) is 35.8 Å². The number of carboxylic acid groups (broad SMARTS) is 1. The molecule has 0 unspecified atom stereocenters. The number of aliphatic carboxylic acids is 1. The summed E-state index contributed by atoms with van der Waals surface area (Å²) >= 11 is 0. The van der Waals surface area contributed by atoms with Gasteiger partial charge >= 0.3 is 5.97 Å². The zero-order valence-corrected chi connectivity index (χ0v) is 18.5. The van der Waals surface area contributed by atoms with E-state index in [-0.39, 0.29) is 11.8 Å². The Morgan fingerprint density at radius 3 is 2.77 bits per heavy atom. The van der Waals surface area contributed by atoms with E-state index >= 15 is 0 Å². The topological polar surface area (TPSA) is 102 Å². The van der Waals surface area contributed by atoms with Crippen LogP contribution in [0.25, 0.3) is 22.8 Å². The Morgan fingerprint density at radius 2 is 2.03 bits per heavy atom. The van der Waals surface area contributed by atoms with Gasteiger partial charge in [0.05, 0.1) is 12.0 Å². The number of aryl methyl sites for hydroxylation is 3. The van der Waals surface area contributed by atoms with E-state index in [4.69, 9.17) is 9.63 Å². The number of carboxylic acids is 1. The number of aromatic nitrogens is 4. The standard InChI is InChI=1S/C24H28N4O3/c1-5-15-10-18(14(2)26-20(15)6-7-21(29)30)22-27-23(31-28-22)19-13-25-12-16-11-24(3,4)9-8-17(16)19/h10,12-13H,5-9,11H2,1-4H3,(H,29,30). The Hall–Kier alpha value is -3.09. The van der Waals surface area contributed by atoms with Crippen LogP contribution in [-0.4, -0.2) is 31.2 Å². The fourth-order valence-electron chi connectivity index (χ4n) is 4.34. The van der Waals surface area contributed by atoms with Crippen LogP contribution < -0.4 is 0 Å². The quantitative estimate of drug-likeness (QED) is 0.622. The van der Waals surface area contributed by atoms with E-state index < -0.39 is 5.97 Å². The summed E-state index contributed by atoms with van der Waals surface area (Å²) in [7, 11) is 0. The van der Waals surface area contributed by atoms with Crippen LogP contribution in [0.2, 0.25) is 0 Å². The van der Waals surface area contributed by atoms with Gasteiger partial charge in [-0.15, -0.1) is 0 Å². The van der Waals surface area contributed by atoms with E-state index in [9.17, 15) is 4.79 Å². The SMILES string of the molecule is CCc1cc(-c2noc(-c3cncc4c3CCC(C)(C)C4)n2)c(C)nc1CCC(=O)O. The lowest BCUT2D eigenvalue weighted by atomic mass is 9.74. The van der Waals surface area contributed by atoms with E-state index in [1.54, 1.807) is 0 Å². The van der Waals surface area contributed by atoms with Crippen molar-refractivity contribution in [1.82, 2.24) is 20.1 Å². The lowest BCUT2D eigenvalue weighted by Crippen LogP contribution is -2.22. The van der Waals surface area contributed by atoms with Crippen molar-refractivity contribution < 1.29 is 14.4 Å². The van der Waals surface area contributed by atoms with Crippen LogP contribution in [-0.2, 0) is 30.5 Å². The van der Waals surface area contributed by atoms with Crippen LogP contribution >= 0.6 is 0 Å². The number of nitrogens with zero attached hydrogens (tertiary/aromatic N) is 4. The molecule has 3 aromatic heterocycles. The number of hydrogen-bond donors (Lipinski definition) is 1. The molecule has 0 fully saturated rings. The summed E-state index contributed by atoms with van der Waals surface area (Å²) in [5.41, 5.74) is 7.08. The van der Waals surface area contributed by atoms with Gasteiger partial charge in [-0.2, -0.15) is 4.98 Å². The van der Waals surface area contributed by atoms with Crippen LogP contribution in [0, 0.1) is 12.3 Å². The first-order valence-corrected chi connectivity index (χ1v) is 10.8. The molecule has 0 saturated carbocycles. The third-order valence-corrected chi connectivity index (χ3v) is 6.10. The highest BCUT2D eigenvalue weighted by atomic mass is 16.5. The average molecular weight is 421 g/mol. The zero-order chi connectivity index (χ0) is 22.2. The van der Waals surface area contributed by atoms with Gasteiger partial charge in [-0.3, -0.25) is 14.8 Å². The van der Waals surface area contributed by atoms with E-state index in [0.717, 1.165) is 53.8 Å². The van der Waals surface area contributed by atoms with Gasteiger partial charge in [-0.25, -0.2) is 0 Å². The molecule has 3 heterocycles. The van der Waals surface area contributed by atoms with Crippen molar-refractivity contribution in [3.63, 3.8) is 0 Å². The maximum atomic E-state index is 11.0. The van der Waals surface area contributed by atoms with Crippen molar-refractivity contribution in [3.8, 4) is 22.8 Å². The second-order valence-corrected chi connectivity index (χ2v) is 9.06. The second-order valence-electron chi connectivity index (χ2n) is 9.06. The zero-order valence-electron chi connectivity index (χ0n) is 18.5. The van der Waals surface area contributed by atoms with Gasteiger partial charge in [0.25, 0.3) is 5.89 Å². The highest BCUT2D eigenvalue weighted by Crippen LogP contribution is 2.38. The van der Waals surface area contributed by atoms with Crippen LogP contribution in [0.3, 0.4) is 0 Å². The molecule has 31 heavy (non-hydrogen) atoms. The molecular formula is C24H28N4O3. The first kappa shape index (κ1) is 21.2. The molecule has 0 amide bonds. The minimum Gasteiger partial charge on any atom is -0.481 e. The van der Waals surface area contributed by atoms with E-state index in [1.165, 1.54) is 11.1 Å². The van der Waals surface area contributed by atoms with E-state index in [2.05, 4.69) is 34.0 Å². The number of carbonyl (C=O) groups is 1. The minimum atomic E-state index is -0.823. The molecule has 7 nitrogen and oxygen atoms in total. The van der Waals surface area contributed by atoms with Crippen molar-refractivity contribution in [2.75, 3.05) is 0 Å². The largest absolute Gasteiger partial charge is 0.481 e. The molecule has 0 saturated heterocycles. The van der Waals surface area contributed by atoms with Crippen LogP contribution in [0.5, 0.6) is 0 Å². The van der Waals surface area contributed by atoms with E-state index in [1.807, 2.05) is 32.3 Å². The van der Waals surface area contributed by atoms with Gasteiger partial charge < -0.3 is 9.63 Å². The molecule has 1 aliphatic rings. The summed E-state index contributed by atoms with van der Waals surface area (Å²) in [6.45, 7) is 8.50. The molecular weight excluding hydrogens is 392 g/mol. The van der Waals surface area contributed by atoms with Gasteiger partial charge in [0.2, 0.25) is 5.82 Å². The number of hydrogen-bond acceptors (Lipinski definition) is 6. The monoisotopic (exact) mass is 420 g/mol. The summed E-state index contributed by atoms with van der Waals surface area (Å²) in [6, 6.07) is 2.01. The molecule has 7 heteroatoms. The fourth-order valence-corrected chi connectivity index (χ4v) is 4.34. The van der Waals surface area contributed by atoms with Crippen LogP contribution in [0.4, 0.5) is 0 Å². The van der Waals surface area contributed by atoms with Gasteiger partial charge in [-0.05, 0) is 60.8 Å². The smallest absolute Gasteiger partial charge is 0.303 e. The third kappa shape index (κ3) is 4.36. The number of fused-ring (bicyclic) bond motifs is 1. The number of rotatable bonds is 6. The predicted octanol–water partition coefficient (Wildman–Crippen LogP) is 4.60. The minimum absolute atomic E-state index is 0.0636. The molecule has 0 bridgehead atoms. The molecule has 0 aromatic carbocycles. The highest BCUT2D eigenvalue weighted by Gasteiger charge is 2.28. The van der Waals surface area contributed by atoms with Crippen molar-refractivity contribution in [1.29, 1.82) is 0 Å². The molecule has 1 aliphatic carbocycles. The molecule has 0 aliphatic heterocycles. The van der Waals surface area contributed by atoms with Crippen molar-refractivity contribution in [3.05, 3.63) is 46.5 Å². The van der Waals surface area contributed by atoms with Gasteiger partial charge in [0.1, 0.15) is 0 Å². The van der Waals surface area contributed by atoms with Gasteiger partial charge in [-0.1, -0.05) is 25.9 Å². The lowest BCUT2D eigenvalue weighted by molar-refractivity contribution is -0.136. The number of pyridine rings is 2. The molecule has 0 radical (unpaired) electrons. The Labute approximate surface area is 181 Å². The summed E-state index contributed by atoms with van der Waals surface area (Å²) in [5.74, 6) is 0.149. The molecule has 3 aromatic rings. The van der Waals surface area contributed by atoms with Crippen LogP contribution in [0.1, 0.15) is 61.7 Å². The normalized spacial score (nSPS) is 15.0. The molecule has 162 valence electrons. The summed E-state index contributed by atoms with van der Waals surface area (Å²) in [4.78, 5) is 24.7. The third-order valence-electron chi connectivity index (χ3n) is 6.10. The predicted molar refractivity (Wildman–Crippen MR) is 117 cm³/mol. The van der Waals surface area contributed by atoms with Crippen LogP contribution in [0.15, 0.2) is 23.0 Å².